The molecule has 0 spiro atoms. The van der Waals surface area contributed by atoms with Crippen LogP contribution in [0.2, 0.25) is 0 Å². The average molecular weight is 368 g/mol. The van der Waals surface area contributed by atoms with Gasteiger partial charge < -0.3 is 19.1 Å². The van der Waals surface area contributed by atoms with Gasteiger partial charge in [-0.3, -0.25) is 0 Å². The fraction of sp³-hybridized carbons (Fsp3) is 0.409. The number of nitrogens with one attached hydrogen (secondary N) is 1. The summed E-state index contributed by atoms with van der Waals surface area (Å²) in [5.41, 5.74) is 3.67. The number of benzene rings is 1. The van der Waals surface area contributed by atoms with Crippen molar-refractivity contribution in [3.8, 4) is 0 Å². The summed E-state index contributed by atoms with van der Waals surface area (Å²) in [7, 11) is 0. The topological polar surface area (TPSA) is 64.4 Å². The van der Waals surface area contributed by atoms with Crippen LogP contribution in [0.25, 0.3) is 11.0 Å². The molecule has 0 unspecified atom stereocenters. The van der Waals surface area contributed by atoms with Gasteiger partial charge in [-0.15, -0.1) is 0 Å². The molecule has 0 saturated carbocycles. The molecule has 5 heteroatoms. The van der Waals surface area contributed by atoms with Crippen molar-refractivity contribution in [1.29, 1.82) is 0 Å². The smallest absolute Gasteiger partial charge is 0.336 e. The van der Waals surface area contributed by atoms with E-state index < -0.39 is 0 Å². The van der Waals surface area contributed by atoms with E-state index in [0.717, 1.165) is 46.5 Å². The fourth-order valence-electron chi connectivity index (χ4n) is 4.25. The van der Waals surface area contributed by atoms with Gasteiger partial charge in [-0.05, 0) is 37.1 Å². The van der Waals surface area contributed by atoms with Crippen LogP contribution in [0.1, 0.15) is 41.3 Å². The van der Waals surface area contributed by atoms with Crippen LogP contribution in [-0.2, 0) is 6.54 Å². The van der Waals surface area contributed by atoms with Gasteiger partial charge in [-0.2, -0.15) is 0 Å². The second-order valence-electron chi connectivity index (χ2n) is 7.64. The molecule has 0 aliphatic carbocycles. The number of fused-ring (bicyclic) bond motifs is 1. The Kier molecular flexibility index (Phi) is 5.14. The molecule has 142 valence electrons. The zero-order valence-electron chi connectivity index (χ0n) is 16.1. The van der Waals surface area contributed by atoms with Crippen LogP contribution in [0.3, 0.4) is 0 Å². The van der Waals surface area contributed by atoms with E-state index in [-0.39, 0.29) is 5.63 Å². The summed E-state index contributed by atoms with van der Waals surface area (Å²) in [6, 6.07) is 10.2. The Balaban J connectivity index is 1.54. The predicted octanol–water partition coefficient (Wildman–Crippen LogP) is 1.49. The van der Waals surface area contributed by atoms with Crippen molar-refractivity contribution in [2.75, 3.05) is 19.6 Å². The minimum Gasteiger partial charge on any atom is -0.463 e. The van der Waals surface area contributed by atoms with E-state index in [1.807, 2.05) is 19.9 Å². The SMILES string of the molecule is Cc1ccc2c(C[NH2+]C[C@@H](c3ccco3)[NH+]3CCCC3)cc(=O)oc2c1C. The van der Waals surface area contributed by atoms with E-state index in [1.165, 1.54) is 25.9 Å². The van der Waals surface area contributed by atoms with Crippen LogP contribution in [0, 0.1) is 13.8 Å². The zero-order valence-corrected chi connectivity index (χ0v) is 16.1. The number of rotatable bonds is 6. The van der Waals surface area contributed by atoms with Crippen LogP contribution >= 0.6 is 0 Å². The van der Waals surface area contributed by atoms with Crippen LogP contribution in [-0.4, -0.2) is 19.6 Å². The first-order valence-corrected chi connectivity index (χ1v) is 9.86. The highest BCUT2D eigenvalue weighted by Gasteiger charge is 2.30. The van der Waals surface area contributed by atoms with Crippen LogP contribution in [0.4, 0.5) is 0 Å². The summed E-state index contributed by atoms with van der Waals surface area (Å²) in [4.78, 5) is 13.7. The molecule has 1 aromatic carbocycles. The number of nitrogens with two attached hydrogens (primary N) is 1. The van der Waals surface area contributed by atoms with E-state index >= 15 is 0 Å². The van der Waals surface area contributed by atoms with Crippen molar-refractivity contribution >= 4 is 11.0 Å². The third kappa shape index (κ3) is 3.70. The zero-order chi connectivity index (χ0) is 18.8. The summed E-state index contributed by atoms with van der Waals surface area (Å²) in [5.74, 6) is 1.06. The molecule has 1 saturated heterocycles. The molecule has 2 aromatic heterocycles. The lowest BCUT2D eigenvalue weighted by atomic mass is 10.0. The molecule has 1 atom stereocenters. The quantitative estimate of drug-likeness (QED) is 0.648. The molecule has 4 rings (SSSR count). The standard InChI is InChI=1S/C22H26N2O3/c1-15-7-8-18-17(12-21(25)27-22(18)16(15)2)13-23-14-19(20-6-5-11-26-20)24-9-3-4-10-24/h5-8,11-12,19,23H,3-4,9-10,13-14H2,1-2H3/p+2/t19-/m0/s1. The predicted molar refractivity (Wildman–Crippen MR) is 104 cm³/mol. The number of quaternary nitrogens is 2. The van der Waals surface area contributed by atoms with Crippen molar-refractivity contribution in [1.82, 2.24) is 0 Å². The molecule has 5 nitrogen and oxygen atoms in total. The van der Waals surface area contributed by atoms with E-state index in [4.69, 9.17) is 8.83 Å². The van der Waals surface area contributed by atoms with Gasteiger partial charge in [0.15, 0.2) is 11.8 Å². The molecule has 3 heterocycles. The molecule has 1 aliphatic rings. The first kappa shape index (κ1) is 18.0. The number of hydrogen-bond donors (Lipinski definition) is 2. The van der Waals surface area contributed by atoms with Crippen LogP contribution in [0.15, 0.2) is 50.2 Å². The van der Waals surface area contributed by atoms with Crippen LogP contribution in [0.5, 0.6) is 0 Å². The minimum absolute atomic E-state index is 0.271. The highest BCUT2D eigenvalue weighted by atomic mass is 16.4. The van der Waals surface area contributed by atoms with Gasteiger partial charge in [0.1, 0.15) is 18.7 Å². The summed E-state index contributed by atoms with van der Waals surface area (Å²) in [5, 5.41) is 3.33. The molecule has 1 fully saturated rings. The third-order valence-electron chi connectivity index (χ3n) is 5.91. The summed E-state index contributed by atoms with van der Waals surface area (Å²) in [6.45, 7) is 8.16. The first-order valence-electron chi connectivity index (χ1n) is 9.86. The van der Waals surface area contributed by atoms with Gasteiger partial charge in [0.2, 0.25) is 0 Å². The highest BCUT2D eigenvalue weighted by Crippen LogP contribution is 2.22. The lowest BCUT2D eigenvalue weighted by Crippen LogP contribution is -3.13. The van der Waals surface area contributed by atoms with Gasteiger partial charge in [0.05, 0.1) is 19.4 Å². The van der Waals surface area contributed by atoms with Crippen LogP contribution < -0.4 is 15.8 Å². The van der Waals surface area contributed by atoms with E-state index in [0.29, 0.717) is 6.04 Å². The summed E-state index contributed by atoms with van der Waals surface area (Å²) in [6.07, 6.45) is 4.34. The van der Waals surface area contributed by atoms with E-state index in [1.54, 1.807) is 17.2 Å². The van der Waals surface area contributed by atoms with Crippen molar-refractivity contribution < 1.29 is 19.1 Å². The molecule has 3 N–H and O–H groups in total. The Morgan fingerprint density at radius 2 is 2.00 bits per heavy atom. The molecule has 0 bridgehead atoms. The van der Waals surface area contributed by atoms with Gasteiger partial charge in [-0.25, -0.2) is 4.79 Å². The van der Waals surface area contributed by atoms with Gasteiger partial charge in [0.25, 0.3) is 0 Å². The summed E-state index contributed by atoms with van der Waals surface area (Å²) < 4.78 is 11.2. The van der Waals surface area contributed by atoms with E-state index in [2.05, 4.69) is 23.5 Å². The number of aryl methyl sites for hydroxylation is 2. The lowest BCUT2D eigenvalue weighted by Gasteiger charge is -2.21. The highest BCUT2D eigenvalue weighted by molar-refractivity contribution is 5.83. The number of furan rings is 1. The van der Waals surface area contributed by atoms with Crippen molar-refractivity contribution in [2.45, 2.75) is 39.3 Å². The Bertz CT molecular complexity index is 969. The maximum absolute atomic E-state index is 12.1. The Labute approximate surface area is 159 Å². The molecule has 27 heavy (non-hydrogen) atoms. The summed E-state index contributed by atoms with van der Waals surface area (Å²) >= 11 is 0. The largest absolute Gasteiger partial charge is 0.463 e. The maximum Gasteiger partial charge on any atom is 0.336 e. The Morgan fingerprint density at radius 1 is 1.19 bits per heavy atom. The molecule has 0 radical (unpaired) electrons. The van der Waals surface area contributed by atoms with Gasteiger partial charge >= 0.3 is 5.63 Å². The second-order valence-corrected chi connectivity index (χ2v) is 7.64. The minimum atomic E-state index is -0.271. The molecule has 3 aromatic rings. The average Bonchev–Trinajstić information content (AvgIpc) is 3.36. The van der Waals surface area contributed by atoms with E-state index in [9.17, 15) is 4.79 Å². The third-order valence-corrected chi connectivity index (χ3v) is 5.91. The van der Waals surface area contributed by atoms with Crippen molar-refractivity contribution in [2.24, 2.45) is 0 Å². The Hall–Kier alpha value is -2.37. The molecule has 1 aliphatic heterocycles. The normalized spacial score (nSPS) is 16.2. The first-order chi connectivity index (χ1) is 13.1. The fourth-order valence-corrected chi connectivity index (χ4v) is 4.25. The van der Waals surface area contributed by atoms with Crippen molar-refractivity contribution in [3.63, 3.8) is 0 Å². The van der Waals surface area contributed by atoms with Gasteiger partial charge in [-0.1, -0.05) is 12.1 Å². The lowest BCUT2D eigenvalue weighted by molar-refractivity contribution is -0.936. The monoisotopic (exact) mass is 368 g/mol. The van der Waals surface area contributed by atoms with Gasteiger partial charge in [0, 0.05) is 29.9 Å². The van der Waals surface area contributed by atoms with Crippen molar-refractivity contribution in [3.05, 3.63) is 69.5 Å². The Morgan fingerprint density at radius 3 is 2.74 bits per heavy atom. The number of likely N-dealkylation sites (tertiary alicyclic amines) is 1. The maximum atomic E-state index is 12.1. The molecular weight excluding hydrogens is 340 g/mol. The molecule has 0 amide bonds. The second kappa shape index (κ2) is 7.71. The number of hydrogen-bond acceptors (Lipinski definition) is 3. The molecular formula is C22H28N2O3+2.